The van der Waals surface area contributed by atoms with Crippen molar-refractivity contribution >= 4 is 0 Å². The first-order chi connectivity index (χ1) is 9.24. The molecule has 3 nitrogen and oxygen atoms in total. The third-order valence-electron chi connectivity index (χ3n) is 2.95. The van der Waals surface area contributed by atoms with Gasteiger partial charge in [-0.15, -0.1) is 0 Å². The lowest BCUT2D eigenvalue weighted by atomic mass is 10.1. The predicted octanol–water partition coefficient (Wildman–Crippen LogP) is 3.93. The highest BCUT2D eigenvalue weighted by atomic mass is 16.5. The van der Waals surface area contributed by atoms with Gasteiger partial charge < -0.3 is 14.6 Å². The van der Waals surface area contributed by atoms with Gasteiger partial charge in [0.05, 0.1) is 13.2 Å². The lowest BCUT2D eigenvalue weighted by Crippen LogP contribution is -1.95. The van der Waals surface area contributed by atoms with Gasteiger partial charge in [0.2, 0.25) is 0 Å². The summed E-state index contributed by atoms with van der Waals surface area (Å²) in [5.41, 5.74) is 0.898. The second kappa shape index (κ2) is 6.25. The summed E-state index contributed by atoms with van der Waals surface area (Å²) in [6.07, 6.45) is 0.285. The molecule has 0 aliphatic rings. The van der Waals surface area contributed by atoms with E-state index in [1.807, 2.05) is 55.5 Å². The van der Waals surface area contributed by atoms with Crippen LogP contribution in [0, 0.1) is 0 Å². The molecule has 0 fully saturated rings. The summed E-state index contributed by atoms with van der Waals surface area (Å²) < 4.78 is 11.0. The lowest BCUT2D eigenvalue weighted by molar-refractivity contribution is 0.173. The van der Waals surface area contributed by atoms with Crippen molar-refractivity contribution in [1.29, 1.82) is 0 Å². The Hall–Kier alpha value is -2.00. The summed E-state index contributed by atoms with van der Waals surface area (Å²) in [6.45, 7) is 1.95. The van der Waals surface area contributed by atoms with Crippen LogP contribution in [0.4, 0.5) is 0 Å². The summed E-state index contributed by atoms with van der Waals surface area (Å²) in [5.74, 6) is 2.09. The van der Waals surface area contributed by atoms with E-state index < -0.39 is 6.10 Å². The van der Waals surface area contributed by atoms with Crippen molar-refractivity contribution in [3.05, 3.63) is 54.1 Å². The van der Waals surface area contributed by atoms with Gasteiger partial charge in [-0.2, -0.15) is 0 Å². The number of hydrogen-bond acceptors (Lipinski definition) is 3. The quantitative estimate of drug-likeness (QED) is 0.883. The summed E-state index contributed by atoms with van der Waals surface area (Å²) in [4.78, 5) is 0. The molecule has 100 valence electrons. The summed E-state index contributed by atoms with van der Waals surface area (Å²) in [6, 6.07) is 14.9. The average Bonchev–Trinajstić information content (AvgIpc) is 2.48. The SMILES string of the molecule is CC[C@H](O)c1ccc(Oc2ccccc2OC)cc1. The third-order valence-corrected chi connectivity index (χ3v) is 2.95. The van der Waals surface area contributed by atoms with Crippen LogP contribution in [0.3, 0.4) is 0 Å². The predicted molar refractivity (Wildman–Crippen MR) is 74.8 cm³/mol. The van der Waals surface area contributed by atoms with Crippen molar-refractivity contribution in [2.45, 2.75) is 19.4 Å². The zero-order valence-electron chi connectivity index (χ0n) is 11.2. The van der Waals surface area contributed by atoms with Crippen molar-refractivity contribution in [1.82, 2.24) is 0 Å². The van der Waals surface area contributed by atoms with Gasteiger partial charge in [0.1, 0.15) is 5.75 Å². The number of hydrogen-bond donors (Lipinski definition) is 1. The maximum atomic E-state index is 9.73. The van der Waals surface area contributed by atoms with Gasteiger partial charge >= 0.3 is 0 Å². The standard InChI is InChI=1S/C16H18O3/c1-3-14(17)12-8-10-13(11-9-12)19-16-7-5-4-6-15(16)18-2/h4-11,14,17H,3H2,1-2H3/t14-/m0/s1. The van der Waals surface area contributed by atoms with Crippen LogP contribution in [-0.2, 0) is 0 Å². The highest BCUT2D eigenvalue weighted by Crippen LogP contribution is 2.31. The minimum atomic E-state index is -0.416. The van der Waals surface area contributed by atoms with E-state index in [4.69, 9.17) is 9.47 Å². The van der Waals surface area contributed by atoms with E-state index in [0.717, 1.165) is 11.3 Å². The van der Waals surface area contributed by atoms with Crippen LogP contribution in [0.15, 0.2) is 48.5 Å². The van der Waals surface area contributed by atoms with E-state index in [-0.39, 0.29) is 0 Å². The van der Waals surface area contributed by atoms with Crippen molar-refractivity contribution < 1.29 is 14.6 Å². The number of ether oxygens (including phenoxy) is 2. The van der Waals surface area contributed by atoms with Crippen LogP contribution in [0.2, 0.25) is 0 Å². The fraction of sp³-hybridized carbons (Fsp3) is 0.250. The second-order valence-corrected chi connectivity index (χ2v) is 4.25. The van der Waals surface area contributed by atoms with Crippen molar-refractivity contribution in [3.8, 4) is 17.2 Å². The van der Waals surface area contributed by atoms with E-state index in [1.165, 1.54) is 0 Å². The van der Waals surface area contributed by atoms with Gasteiger partial charge in [0, 0.05) is 0 Å². The molecule has 0 aliphatic carbocycles. The Morgan fingerprint density at radius 1 is 1.00 bits per heavy atom. The Morgan fingerprint density at radius 2 is 1.63 bits per heavy atom. The average molecular weight is 258 g/mol. The Balaban J connectivity index is 2.15. The van der Waals surface area contributed by atoms with Gasteiger partial charge in [-0.25, -0.2) is 0 Å². The first-order valence-corrected chi connectivity index (χ1v) is 6.33. The Labute approximate surface area is 113 Å². The molecule has 2 aromatic rings. The number of aliphatic hydroxyl groups excluding tert-OH is 1. The zero-order valence-corrected chi connectivity index (χ0v) is 11.2. The van der Waals surface area contributed by atoms with E-state index in [0.29, 0.717) is 17.9 Å². The van der Waals surface area contributed by atoms with Crippen LogP contribution in [-0.4, -0.2) is 12.2 Å². The topological polar surface area (TPSA) is 38.7 Å². The number of aliphatic hydroxyl groups is 1. The van der Waals surface area contributed by atoms with Gasteiger partial charge in [0.25, 0.3) is 0 Å². The molecular weight excluding hydrogens is 240 g/mol. The van der Waals surface area contributed by atoms with Crippen LogP contribution < -0.4 is 9.47 Å². The summed E-state index contributed by atoms with van der Waals surface area (Å²) >= 11 is 0. The largest absolute Gasteiger partial charge is 0.493 e. The molecule has 3 heteroatoms. The van der Waals surface area contributed by atoms with Gasteiger partial charge in [0.15, 0.2) is 11.5 Å². The molecule has 0 heterocycles. The molecule has 0 unspecified atom stereocenters. The molecule has 0 bridgehead atoms. The maximum Gasteiger partial charge on any atom is 0.169 e. The van der Waals surface area contributed by atoms with Crippen LogP contribution in [0.5, 0.6) is 17.2 Å². The molecule has 0 radical (unpaired) electrons. The van der Waals surface area contributed by atoms with Crippen molar-refractivity contribution in [2.75, 3.05) is 7.11 Å². The van der Waals surface area contributed by atoms with Crippen LogP contribution >= 0.6 is 0 Å². The van der Waals surface area contributed by atoms with E-state index in [9.17, 15) is 5.11 Å². The molecule has 2 aromatic carbocycles. The summed E-state index contributed by atoms with van der Waals surface area (Å²) in [5, 5.41) is 9.73. The Kier molecular flexibility index (Phi) is 4.42. The van der Waals surface area contributed by atoms with Crippen molar-refractivity contribution in [2.24, 2.45) is 0 Å². The molecule has 1 N–H and O–H groups in total. The fourth-order valence-corrected chi connectivity index (χ4v) is 1.82. The maximum absolute atomic E-state index is 9.73. The smallest absolute Gasteiger partial charge is 0.169 e. The summed E-state index contributed by atoms with van der Waals surface area (Å²) in [7, 11) is 1.61. The second-order valence-electron chi connectivity index (χ2n) is 4.25. The number of benzene rings is 2. The van der Waals surface area contributed by atoms with Crippen LogP contribution in [0.1, 0.15) is 25.0 Å². The normalized spacial score (nSPS) is 11.9. The molecule has 0 saturated carbocycles. The van der Waals surface area contributed by atoms with E-state index in [2.05, 4.69) is 0 Å². The fourth-order valence-electron chi connectivity index (χ4n) is 1.82. The lowest BCUT2D eigenvalue weighted by Gasteiger charge is -2.11. The molecule has 0 spiro atoms. The highest BCUT2D eigenvalue weighted by Gasteiger charge is 2.06. The molecule has 19 heavy (non-hydrogen) atoms. The van der Waals surface area contributed by atoms with Crippen LogP contribution in [0.25, 0.3) is 0 Å². The van der Waals surface area contributed by atoms with E-state index in [1.54, 1.807) is 7.11 Å². The molecule has 0 amide bonds. The zero-order chi connectivity index (χ0) is 13.7. The molecule has 0 aliphatic heterocycles. The van der Waals surface area contributed by atoms with Gasteiger partial charge in [-0.1, -0.05) is 31.2 Å². The van der Waals surface area contributed by atoms with Crippen molar-refractivity contribution in [3.63, 3.8) is 0 Å². The minimum Gasteiger partial charge on any atom is -0.493 e. The number of rotatable bonds is 5. The molecular formula is C16H18O3. The Morgan fingerprint density at radius 3 is 2.21 bits per heavy atom. The van der Waals surface area contributed by atoms with E-state index >= 15 is 0 Å². The minimum absolute atomic E-state index is 0.416. The van der Waals surface area contributed by atoms with Gasteiger partial charge in [-0.3, -0.25) is 0 Å². The molecule has 2 rings (SSSR count). The molecule has 0 saturated heterocycles. The van der Waals surface area contributed by atoms with Gasteiger partial charge in [-0.05, 0) is 36.2 Å². The first-order valence-electron chi connectivity index (χ1n) is 6.33. The molecule has 0 aromatic heterocycles. The number of methoxy groups -OCH3 is 1. The highest BCUT2D eigenvalue weighted by molar-refractivity contribution is 5.43. The monoisotopic (exact) mass is 258 g/mol. The third kappa shape index (κ3) is 3.26. The molecule has 1 atom stereocenters. The first kappa shape index (κ1) is 13.4. The number of para-hydroxylation sites is 2. The Bertz CT molecular complexity index is 520.